The number of aryl methyl sites for hydroxylation is 1. The number of rotatable bonds is 5. The second-order valence-electron chi connectivity index (χ2n) is 5.93. The fourth-order valence-corrected chi connectivity index (χ4v) is 4.48. The van der Waals surface area contributed by atoms with Gasteiger partial charge in [0, 0.05) is 17.3 Å². The Morgan fingerprint density at radius 2 is 1.96 bits per heavy atom. The Labute approximate surface area is 161 Å². The third-order valence-electron chi connectivity index (χ3n) is 4.22. The largest absolute Gasteiger partial charge is 0.282 e. The maximum absolute atomic E-state index is 13.8. The topological polar surface area (TPSA) is 55.2 Å². The Bertz CT molecular complexity index is 952. The fraction of sp³-hybridized carbons (Fsp3) is 0.353. The molecule has 2 aromatic rings. The quantitative estimate of drug-likeness (QED) is 0.547. The molecule has 1 aliphatic rings. The smallest absolute Gasteiger partial charge is 0.227 e. The van der Waals surface area contributed by atoms with Crippen LogP contribution < -0.4 is 3.82 Å². The number of hydrogen-bond donors (Lipinski definition) is 0. The summed E-state index contributed by atoms with van der Waals surface area (Å²) in [7, 11) is -4.40. The van der Waals surface area contributed by atoms with Crippen molar-refractivity contribution in [1.82, 2.24) is 9.78 Å². The fourth-order valence-electron chi connectivity index (χ4n) is 2.84. The van der Waals surface area contributed by atoms with E-state index in [2.05, 4.69) is 5.10 Å². The predicted molar refractivity (Wildman–Crippen MR) is 101 cm³/mol. The summed E-state index contributed by atoms with van der Waals surface area (Å²) in [5.41, 5.74) is 0.538. The Morgan fingerprint density at radius 1 is 1.31 bits per heavy atom. The van der Waals surface area contributed by atoms with E-state index in [1.54, 1.807) is 16.8 Å². The van der Waals surface area contributed by atoms with Crippen LogP contribution in [0.3, 0.4) is 0 Å². The van der Waals surface area contributed by atoms with Crippen molar-refractivity contribution < 1.29 is 12.8 Å². The zero-order valence-corrected chi connectivity index (χ0v) is 16.0. The lowest BCUT2D eigenvalue weighted by Gasteiger charge is -2.18. The van der Waals surface area contributed by atoms with Crippen LogP contribution in [-0.4, -0.2) is 23.7 Å². The van der Waals surface area contributed by atoms with Crippen LogP contribution in [0.4, 0.5) is 10.1 Å². The van der Waals surface area contributed by atoms with Gasteiger partial charge in [0.15, 0.2) is 0 Å². The second kappa shape index (κ2) is 7.47. The van der Waals surface area contributed by atoms with Crippen molar-refractivity contribution in [2.24, 2.45) is 0 Å². The van der Waals surface area contributed by atoms with Crippen LogP contribution in [0, 0.1) is 12.3 Å². The summed E-state index contributed by atoms with van der Waals surface area (Å²) in [5.74, 6) is 1.97. The van der Waals surface area contributed by atoms with Gasteiger partial charge in [0.05, 0.1) is 23.5 Å². The van der Waals surface area contributed by atoms with E-state index in [4.69, 9.17) is 29.8 Å². The highest BCUT2D eigenvalue weighted by Crippen LogP contribution is 2.31. The van der Waals surface area contributed by atoms with Crippen molar-refractivity contribution in [2.75, 3.05) is 3.82 Å². The molecule has 0 radical (unpaired) electrons. The zero-order chi connectivity index (χ0) is 18.9. The molecule has 5 nitrogen and oxygen atoms in total. The van der Waals surface area contributed by atoms with E-state index in [1.807, 2.05) is 5.92 Å². The van der Waals surface area contributed by atoms with Crippen molar-refractivity contribution in [3.8, 4) is 18.0 Å². The summed E-state index contributed by atoms with van der Waals surface area (Å²) in [4.78, 5) is 0. The highest BCUT2D eigenvalue weighted by atomic mass is 35.5. The van der Waals surface area contributed by atoms with Crippen molar-refractivity contribution in [2.45, 2.75) is 37.6 Å². The number of nitrogens with zero attached hydrogens (tertiary/aromatic N) is 3. The average molecular weight is 416 g/mol. The van der Waals surface area contributed by atoms with E-state index in [0.717, 1.165) is 36.9 Å². The molecule has 0 bridgehead atoms. The molecular weight excluding hydrogens is 400 g/mol. The lowest BCUT2D eigenvalue weighted by atomic mass is 9.99. The molecule has 26 heavy (non-hydrogen) atoms. The number of aromatic nitrogens is 2. The maximum atomic E-state index is 13.8. The molecule has 0 N–H and O–H groups in total. The number of hydrogen-bond acceptors (Lipinski definition) is 3. The van der Waals surface area contributed by atoms with Gasteiger partial charge in [0.1, 0.15) is 5.15 Å². The zero-order valence-electron chi connectivity index (χ0n) is 13.7. The van der Waals surface area contributed by atoms with E-state index in [-0.39, 0.29) is 5.69 Å². The van der Waals surface area contributed by atoms with E-state index < -0.39 is 21.9 Å². The first-order valence-electron chi connectivity index (χ1n) is 8.00. The highest BCUT2D eigenvalue weighted by Gasteiger charge is 2.31. The molecule has 0 aliphatic heterocycles. The van der Waals surface area contributed by atoms with Gasteiger partial charge in [-0.3, -0.25) is 0 Å². The van der Waals surface area contributed by atoms with Crippen molar-refractivity contribution in [3.05, 3.63) is 40.7 Å². The van der Waals surface area contributed by atoms with Crippen LogP contribution in [-0.2, 0) is 22.9 Å². The van der Waals surface area contributed by atoms with Gasteiger partial charge in [-0.1, -0.05) is 11.6 Å². The summed E-state index contributed by atoms with van der Waals surface area (Å²) >= 11 is 12.3. The Kier molecular flexibility index (Phi) is 5.47. The van der Waals surface area contributed by atoms with Gasteiger partial charge in [-0.25, -0.2) is 17.5 Å². The first kappa shape index (κ1) is 19.0. The molecule has 0 saturated carbocycles. The summed E-state index contributed by atoms with van der Waals surface area (Å²) < 4.78 is 39.8. The molecule has 1 heterocycles. The molecule has 0 fully saturated rings. The van der Waals surface area contributed by atoms with Gasteiger partial charge in [-0.15, -0.1) is 12.3 Å². The molecule has 0 amide bonds. The average Bonchev–Trinajstić information content (AvgIpc) is 2.98. The summed E-state index contributed by atoms with van der Waals surface area (Å²) in [6.07, 6.45) is 8.35. The molecule has 138 valence electrons. The minimum absolute atomic E-state index is 0.100. The third kappa shape index (κ3) is 3.41. The van der Waals surface area contributed by atoms with Crippen LogP contribution >= 0.6 is 23.4 Å². The van der Waals surface area contributed by atoms with Crippen LogP contribution in [0.2, 0.25) is 5.15 Å². The molecule has 0 spiro atoms. The first-order valence-corrected chi connectivity index (χ1v) is 10.2. The van der Waals surface area contributed by atoms with Crippen LogP contribution in [0.25, 0.3) is 5.69 Å². The van der Waals surface area contributed by atoms with Crippen molar-refractivity contribution in [1.29, 1.82) is 0 Å². The normalized spacial score (nSPS) is 15.2. The summed E-state index contributed by atoms with van der Waals surface area (Å²) in [6.45, 7) is 0. The van der Waals surface area contributed by atoms with Gasteiger partial charge in [0.25, 0.3) is 10.0 Å². The van der Waals surface area contributed by atoms with Gasteiger partial charge >= 0.3 is 0 Å². The third-order valence-corrected chi connectivity index (χ3v) is 6.85. The number of fused-ring (bicyclic) bond motifs is 1. The minimum atomic E-state index is -4.40. The molecule has 1 unspecified atom stereocenters. The van der Waals surface area contributed by atoms with E-state index in [0.29, 0.717) is 14.7 Å². The Morgan fingerprint density at radius 3 is 2.58 bits per heavy atom. The number of terminal acetylenes is 1. The van der Waals surface area contributed by atoms with Gasteiger partial charge in [0.2, 0.25) is 5.50 Å². The number of benzene rings is 1. The van der Waals surface area contributed by atoms with Gasteiger partial charge in [-0.2, -0.15) is 8.92 Å². The molecular formula is C17H16Cl2FN3O2S. The SMILES string of the molecule is C#CCC(F)S(=O)(=O)N(Cl)c1ccc(-n2nc3c(c2Cl)CCCC3)cc1. The predicted octanol–water partition coefficient (Wildman–Crippen LogP) is 4.01. The molecule has 0 saturated heterocycles. The molecule has 1 aromatic heterocycles. The number of halogens is 3. The summed E-state index contributed by atoms with van der Waals surface area (Å²) in [6, 6.07) is 6.16. The van der Waals surface area contributed by atoms with Crippen LogP contribution in [0.5, 0.6) is 0 Å². The Hall–Kier alpha value is -1.75. The van der Waals surface area contributed by atoms with Crippen LogP contribution in [0.15, 0.2) is 24.3 Å². The van der Waals surface area contributed by atoms with Crippen LogP contribution in [0.1, 0.15) is 30.5 Å². The van der Waals surface area contributed by atoms with E-state index >= 15 is 0 Å². The van der Waals surface area contributed by atoms with Crippen molar-refractivity contribution in [3.63, 3.8) is 0 Å². The minimum Gasteiger partial charge on any atom is -0.227 e. The van der Waals surface area contributed by atoms with E-state index in [1.165, 1.54) is 12.1 Å². The number of alkyl halides is 1. The first-order chi connectivity index (χ1) is 12.4. The highest BCUT2D eigenvalue weighted by molar-refractivity contribution is 7.94. The van der Waals surface area contributed by atoms with Crippen molar-refractivity contribution >= 4 is 39.1 Å². The number of anilines is 1. The second-order valence-corrected chi connectivity index (χ2v) is 8.73. The summed E-state index contributed by atoms with van der Waals surface area (Å²) in [5, 5.41) is 5.09. The monoisotopic (exact) mass is 415 g/mol. The lowest BCUT2D eigenvalue weighted by molar-refractivity contribution is 0.425. The molecule has 1 aromatic carbocycles. The van der Waals surface area contributed by atoms with Gasteiger partial charge in [-0.05, 0) is 49.9 Å². The number of sulfonamides is 1. The molecule has 1 atom stereocenters. The standard InChI is InChI=1S/C17H16Cl2FN3O2S/c1-2-5-16(20)26(24,25)23(19)13-10-8-12(9-11-13)22-17(18)14-6-3-4-7-15(14)21-22/h1,8-11,16H,3-7H2. The molecule has 3 rings (SSSR count). The Balaban J connectivity index is 1.88. The van der Waals surface area contributed by atoms with E-state index in [9.17, 15) is 12.8 Å². The molecule has 9 heteroatoms. The maximum Gasteiger partial charge on any atom is 0.282 e. The lowest BCUT2D eigenvalue weighted by Crippen LogP contribution is -2.29. The van der Waals surface area contributed by atoms with Gasteiger partial charge < -0.3 is 0 Å². The molecule has 1 aliphatic carbocycles.